The second-order valence-corrected chi connectivity index (χ2v) is 7.48. The maximum Gasteiger partial charge on any atom is 0.0951 e. The molecule has 0 amide bonds. The highest BCUT2D eigenvalue weighted by Gasteiger charge is 2.45. The standard InChI is InChI=1S/C17H30N2O2/c1-2-9-19(16(5-1)15-4-3-8-18-15)14-6-10-21-17(12-14)7-11-20-13-17/h14-16,18H,1-13H2. The normalized spacial score (nSPS) is 45.4. The lowest BCUT2D eigenvalue weighted by Crippen LogP contribution is -2.58. The molecule has 1 spiro atoms. The van der Waals surface area contributed by atoms with Gasteiger partial charge in [0.2, 0.25) is 0 Å². The van der Waals surface area contributed by atoms with Crippen molar-refractivity contribution in [1.82, 2.24) is 10.2 Å². The lowest BCUT2D eigenvalue weighted by atomic mass is 9.85. The van der Waals surface area contributed by atoms with Gasteiger partial charge in [-0.25, -0.2) is 0 Å². The van der Waals surface area contributed by atoms with E-state index in [-0.39, 0.29) is 5.60 Å². The smallest absolute Gasteiger partial charge is 0.0951 e. The topological polar surface area (TPSA) is 33.7 Å². The molecule has 4 heterocycles. The van der Waals surface area contributed by atoms with Gasteiger partial charge in [0.1, 0.15) is 0 Å². The van der Waals surface area contributed by atoms with Gasteiger partial charge >= 0.3 is 0 Å². The summed E-state index contributed by atoms with van der Waals surface area (Å²) in [6.45, 7) is 5.16. The predicted octanol–water partition coefficient (Wildman–Crippen LogP) is 1.93. The van der Waals surface area contributed by atoms with E-state index in [0.29, 0.717) is 6.04 Å². The molecule has 0 saturated carbocycles. The van der Waals surface area contributed by atoms with Crippen molar-refractivity contribution in [3.8, 4) is 0 Å². The van der Waals surface area contributed by atoms with Crippen LogP contribution >= 0.6 is 0 Å². The average molecular weight is 294 g/mol. The third-order valence-corrected chi connectivity index (χ3v) is 6.16. The third kappa shape index (κ3) is 2.88. The van der Waals surface area contributed by atoms with Crippen LogP contribution in [0, 0.1) is 0 Å². The number of hydrogen-bond acceptors (Lipinski definition) is 4. The highest BCUT2D eigenvalue weighted by atomic mass is 16.6. The molecule has 4 heteroatoms. The second-order valence-electron chi connectivity index (χ2n) is 7.48. The largest absolute Gasteiger partial charge is 0.378 e. The molecule has 0 radical (unpaired) electrons. The Morgan fingerprint density at radius 1 is 1.05 bits per heavy atom. The molecule has 4 nitrogen and oxygen atoms in total. The van der Waals surface area contributed by atoms with Gasteiger partial charge < -0.3 is 14.8 Å². The fourth-order valence-electron chi connectivity index (χ4n) is 5.05. The number of ether oxygens (including phenoxy) is 2. The van der Waals surface area contributed by atoms with Crippen LogP contribution < -0.4 is 5.32 Å². The van der Waals surface area contributed by atoms with Crippen LogP contribution in [0.1, 0.15) is 51.4 Å². The van der Waals surface area contributed by atoms with Crippen LogP contribution in [-0.4, -0.2) is 61.5 Å². The molecule has 4 rings (SSSR count). The van der Waals surface area contributed by atoms with E-state index in [0.717, 1.165) is 38.3 Å². The van der Waals surface area contributed by atoms with Gasteiger partial charge in [-0.2, -0.15) is 0 Å². The van der Waals surface area contributed by atoms with Gasteiger partial charge in [0.25, 0.3) is 0 Å². The van der Waals surface area contributed by atoms with Gasteiger partial charge in [-0.3, -0.25) is 4.90 Å². The summed E-state index contributed by atoms with van der Waals surface area (Å²) in [7, 11) is 0. The van der Waals surface area contributed by atoms with Crippen LogP contribution in [0.2, 0.25) is 0 Å². The van der Waals surface area contributed by atoms with Gasteiger partial charge in [0.15, 0.2) is 0 Å². The molecule has 1 N–H and O–H groups in total. The van der Waals surface area contributed by atoms with Crippen LogP contribution in [-0.2, 0) is 9.47 Å². The molecule has 21 heavy (non-hydrogen) atoms. The highest BCUT2D eigenvalue weighted by molar-refractivity contribution is 4.98. The van der Waals surface area contributed by atoms with Crippen LogP contribution in [0.15, 0.2) is 0 Å². The number of piperidine rings is 1. The molecule has 0 aromatic heterocycles. The van der Waals surface area contributed by atoms with Crippen LogP contribution in [0.25, 0.3) is 0 Å². The summed E-state index contributed by atoms with van der Waals surface area (Å²) in [6, 6.07) is 2.22. The van der Waals surface area contributed by atoms with Crippen molar-refractivity contribution in [2.24, 2.45) is 0 Å². The van der Waals surface area contributed by atoms with E-state index < -0.39 is 0 Å². The van der Waals surface area contributed by atoms with Crippen LogP contribution in [0.4, 0.5) is 0 Å². The number of nitrogens with one attached hydrogen (secondary N) is 1. The van der Waals surface area contributed by atoms with Crippen molar-refractivity contribution in [2.45, 2.75) is 75.1 Å². The quantitative estimate of drug-likeness (QED) is 0.844. The Labute approximate surface area is 128 Å². The first-order valence-corrected chi connectivity index (χ1v) is 9.07. The van der Waals surface area contributed by atoms with Gasteiger partial charge in [-0.15, -0.1) is 0 Å². The van der Waals surface area contributed by atoms with Gasteiger partial charge in [0.05, 0.1) is 12.2 Å². The Morgan fingerprint density at radius 3 is 2.86 bits per heavy atom. The van der Waals surface area contributed by atoms with Gasteiger partial charge in [0, 0.05) is 37.8 Å². The monoisotopic (exact) mass is 294 g/mol. The Bertz CT molecular complexity index is 351. The van der Waals surface area contributed by atoms with Crippen molar-refractivity contribution in [3.05, 3.63) is 0 Å². The molecule has 4 unspecified atom stereocenters. The minimum absolute atomic E-state index is 0.0496. The Morgan fingerprint density at radius 2 is 2.05 bits per heavy atom. The average Bonchev–Trinajstić information content (AvgIpc) is 3.20. The number of hydrogen-bond donors (Lipinski definition) is 1. The Hall–Kier alpha value is -0.160. The first-order chi connectivity index (χ1) is 10.4. The maximum atomic E-state index is 6.14. The minimum Gasteiger partial charge on any atom is -0.378 e. The van der Waals surface area contributed by atoms with Crippen molar-refractivity contribution >= 4 is 0 Å². The lowest BCUT2D eigenvalue weighted by Gasteiger charge is -2.48. The first kappa shape index (κ1) is 14.4. The summed E-state index contributed by atoms with van der Waals surface area (Å²) in [5.41, 5.74) is 0.0496. The second kappa shape index (κ2) is 6.15. The zero-order valence-electron chi connectivity index (χ0n) is 13.2. The fourth-order valence-corrected chi connectivity index (χ4v) is 5.05. The summed E-state index contributed by atoms with van der Waals surface area (Å²) < 4.78 is 11.8. The van der Waals surface area contributed by atoms with E-state index in [4.69, 9.17) is 9.47 Å². The third-order valence-electron chi connectivity index (χ3n) is 6.16. The molecule has 0 aromatic rings. The maximum absolute atomic E-state index is 6.14. The number of likely N-dealkylation sites (tertiary alicyclic amines) is 1. The molecule has 120 valence electrons. The number of rotatable bonds is 2. The van der Waals surface area contributed by atoms with E-state index in [1.807, 2.05) is 0 Å². The van der Waals surface area contributed by atoms with E-state index >= 15 is 0 Å². The summed E-state index contributed by atoms with van der Waals surface area (Å²) in [6.07, 6.45) is 10.4. The van der Waals surface area contributed by atoms with Crippen molar-refractivity contribution in [1.29, 1.82) is 0 Å². The molecule has 4 saturated heterocycles. The summed E-state index contributed by atoms with van der Waals surface area (Å²) in [5, 5.41) is 3.76. The molecular weight excluding hydrogens is 264 g/mol. The highest BCUT2D eigenvalue weighted by Crippen LogP contribution is 2.37. The van der Waals surface area contributed by atoms with E-state index in [1.165, 1.54) is 58.0 Å². The molecular formula is C17H30N2O2. The van der Waals surface area contributed by atoms with Gasteiger partial charge in [-0.05, 0) is 51.6 Å². The molecule has 0 aliphatic carbocycles. The zero-order valence-corrected chi connectivity index (χ0v) is 13.2. The van der Waals surface area contributed by atoms with E-state index in [1.54, 1.807) is 0 Å². The molecule has 4 atom stereocenters. The Kier molecular flexibility index (Phi) is 4.23. The molecule has 4 aliphatic rings. The van der Waals surface area contributed by atoms with E-state index in [9.17, 15) is 0 Å². The summed E-state index contributed by atoms with van der Waals surface area (Å²) >= 11 is 0. The van der Waals surface area contributed by atoms with Crippen LogP contribution in [0.5, 0.6) is 0 Å². The predicted molar refractivity (Wildman–Crippen MR) is 82.5 cm³/mol. The molecule has 4 fully saturated rings. The van der Waals surface area contributed by atoms with Gasteiger partial charge in [-0.1, -0.05) is 6.42 Å². The van der Waals surface area contributed by atoms with E-state index in [2.05, 4.69) is 10.2 Å². The first-order valence-electron chi connectivity index (χ1n) is 9.07. The van der Waals surface area contributed by atoms with Crippen molar-refractivity contribution < 1.29 is 9.47 Å². The molecule has 0 bridgehead atoms. The SMILES string of the molecule is C1CNC(C2CCCCN2C2CCOC3(CCOC3)C2)C1. The van der Waals surface area contributed by atoms with Crippen molar-refractivity contribution in [2.75, 3.05) is 32.9 Å². The lowest BCUT2D eigenvalue weighted by molar-refractivity contribution is -0.115. The summed E-state index contributed by atoms with van der Waals surface area (Å²) in [5.74, 6) is 0. The molecule has 0 aromatic carbocycles. The number of nitrogens with zero attached hydrogens (tertiary/aromatic N) is 1. The summed E-state index contributed by atoms with van der Waals surface area (Å²) in [4.78, 5) is 2.86. The zero-order chi connectivity index (χ0) is 14.1. The fraction of sp³-hybridized carbons (Fsp3) is 1.00. The molecule has 4 aliphatic heterocycles. The minimum atomic E-state index is 0.0496. The van der Waals surface area contributed by atoms with Crippen LogP contribution in [0.3, 0.4) is 0 Å². The Balaban J connectivity index is 1.47. The van der Waals surface area contributed by atoms with Crippen molar-refractivity contribution in [3.63, 3.8) is 0 Å².